The van der Waals surface area contributed by atoms with Crippen LogP contribution in [0.2, 0.25) is 0 Å². The van der Waals surface area contributed by atoms with Crippen molar-refractivity contribution in [2.45, 2.75) is 0 Å². The number of carboxylic acid groups (broad SMARTS) is 1. The van der Waals surface area contributed by atoms with Crippen LogP contribution in [0.3, 0.4) is 0 Å². The van der Waals surface area contributed by atoms with Crippen LogP contribution in [0.25, 0.3) is 16.6 Å². The zero-order valence-corrected chi connectivity index (χ0v) is 12.7. The van der Waals surface area contributed by atoms with Crippen molar-refractivity contribution in [3.8, 4) is 5.69 Å². The summed E-state index contributed by atoms with van der Waals surface area (Å²) < 4.78 is 15.1. The Morgan fingerprint density at radius 2 is 1.77 bits per heavy atom. The molecule has 0 spiro atoms. The molecule has 0 amide bonds. The van der Waals surface area contributed by atoms with E-state index >= 15 is 0 Å². The molecule has 110 valence electrons. The Morgan fingerprint density at radius 1 is 1.09 bits per heavy atom. The first-order valence-corrected chi connectivity index (χ1v) is 7.11. The largest absolute Gasteiger partial charge is 0.477 e. The lowest BCUT2D eigenvalue weighted by Gasteiger charge is -2.12. The van der Waals surface area contributed by atoms with Crippen molar-refractivity contribution in [2.24, 2.45) is 0 Å². The van der Waals surface area contributed by atoms with Crippen LogP contribution < -0.4 is 5.56 Å². The molecule has 0 bridgehead atoms. The molecule has 0 radical (unpaired) electrons. The summed E-state index contributed by atoms with van der Waals surface area (Å²) in [4.78, 5) is 23.8. The van der Waals surface area contributed by atoms with Gasteiger partial charge in [0.15, 0.2) is 0 Å². The van der Waals surface area contributed by atoms with Crippen LogP contribution in [0.15, 0.2) is 57.8 Å². The Bertz CT molecular complexity index is 948. The van der Waals surface area contributed by atoms with Crippen LogP contribution in [0.4, 0.5) is 4.39 Å². The van der Waals surface area contributed by atoms with E-state index in [0.29, 0.717) is 16.6 Å². The highest BCUT2D eigenvalue weighted by molar-refractivity contribution is 9.10. The van der Waals surface area contributed by atoms with E-state index in [1.165, 1.54) is 34.9 Å². The molecule has 1 aromatic heterocycles. The van der Waals surface area contributed by atoms with Gasteiger partial charge >= 0.3 is 5.97 Å². The molecule has 3 rings (SSSR count). The molecule has 2 aromatic carbocycles. The van der Waals surface area contributed by atoms with Gasteiger partial charge in [-0.2, -0.15) is 0 Å². The van der Waals surface area contributed by atoms with Gasteiger partial charge in [-0.25, -0.2) is 9.18 Å². The molecule has 0 aliphatic rings. The number of carbonyl (C=O) groups is 1. The minimum atomic E-state index is -1.30. The number of rotatable bonds is 2. The third kappa shape index (κ3) is 2.42. The lowest BCUT2D eigenvalue weighted by atomic mass is 10.1. The number of pyridine rings is 1. The number of nitrogens with zero attached hydrogens (tertiary/aromatic N) is 1. The first-order chi connectivity index (χ1) is 10.5. The van der Waals surface area contributed by atoms with E-state index in [1.807, 2.05) is 0 Å². The van der Waals surface area contributed by atoms with Gasteiger partial charge < -0.3 is 5.11 Å². The Hall–Kier alpha value is -2.47. The van der Waals surface area contributed by atoms with Crippen molar-refractivity contribution >= 4 is 32.8 Å². The molecule has 0 fully saturated rings. The average molecular weight is 362 g/mol. The van der Waals surface area contributed by atoms with E-state index in [4.69, 9.17) is 0 Å². The van der Waals surface area contributed by atoms with Crippen LogP contribution >= 0.6 is 15.9 Å². The number of hydrogen-bond donors (Lipinski definition) is 1. The van der Waals surface area contributed by atoms with Crippen LogP contribution in [0, 0.1) is 5.82 Å². The molecule has 0 aliphatic heterocycles. The highest BCUT2D eigenvalue weighted by atomic mass is 79.9. The molecule has 22 heavy (non-hydrogen) atoms. The first kappa shape index (κ1) is 14.5. The number of aromatic carboxylic acids is 1. The van der Waals surface area contributed by atoms with Crippen LogP contribution in [0.5, 0.6) is 0 Å². The number of halogens is 2. The average Bonchev–Trinajstić information content (AvgIpc) is 2.48. The standard InChI is InChI=1S/C16H9BrFNO3/c17-10-2-1-9-7-13(16(21)22)15(20)19(14(9)8-10)12-5-3-11(18)4-6-12/h1-8H,(H,21,22). The minimum absolute atomic E-state index is 0.334. The maximum Gasteiger partial charge on any atom is 0.341 e. The van der Waals surface area contributed by atoms with E-state index in [1.54, 1.807) is 18.2 Å². The number of hydrogen-bond acceptors (Lipinski definition) is 2. The number of carboxylic acids is 1. The Balaban J connectivity index is 2.46. The summed E-state index contributed by atoms with van der Waals surface area (Å²) in [5.74, 6) is -1.73. The van der Waals surface area contributed by atoms with Gasteiger partial charge in [-0.3, -0.25) is 9.36 Å². The zero-order valence-electron chi connectivity index (χ0n) is 11.1. The molecule has 3 aromatic rings. The van der Waals surface area contributed by atoms with Crippen molar-refractivity contribution in [1.82, 2.24) is 4.57 Å². The fraction of sp³-hybridized carbons (Fsp3) is 0. The summed E-state index contributed by atoms with van der Waals surface area (Å²) in [5, 5.41) is 9.81. The second kappa shape index (κ2) is 5.38. The monoisotopic (exact) mass is 361 g/mol. The van der Waals surface area contributed by atoms with Gasteiger partial charge in [0.05, 0.1) is 5.52 Å². The molecule has 0 saturated carbocycles. The SMILES string of the molecule is O=C(O)c1cc2ccc(Br)cc2n(-c2ccc(F)cc2)c1=O. The molecular weight excluding hydrogens is 353 g/mol. The third-order valence-corrected chi connectivity index (χ3v) is 3.78. The molecular formula is C16H9BrFNO3. The van der Waals surface area contributed by atoms with Gasteiger partial charge in [0.1, 0.15) is 11.4 Å². The third-order valence-electron chi connectivity index (χ3n) is 3.28. The highest BCUT2D eigenvalue weighted by Gasteiger charge is 2.16. The van der Waals surface area contributed by atoms with Gasteiger partial charge in [0.2, 0.25) is 0 Å². The maximum absolute atomic E-state index is 13.1. The second-order valence-electron chi connectivity index (χ2n) is 4.68. The smallest absolute Gasteiger partial charge is 0.341 e. The Kier molecular flexibility index (Phi) is 3.54. The van der Waals surface area contributed by atoms with Crippen molar-refractivity contribution in [1.29, 1.82) is 0 Å². The number of benzene rings is 2. The molecule has 0 unspecified atom stereocenters. The number of aromatic nitrogens is 1. The van der Waals surface area contributed by atoms with Gasteiger partial charge in [0.25, 0.3) is 5.56 Å². The van der Waals surface area contributed by atoms with E-state index < -0.39 is 17.3 Å². The first-order valence-electron chi connectivity index (χ1n) is 6.32. The van der Waals surface area contributed by atoms with Crippen LogP contribution in [0.1, 0.15) is 10.4 Å². The fourth-order valence-corrected chi connectivity index (χ4v) is 2.63. The summed E-state index contributed by atoms with van der Waals surface area (Å²) in [6, 6.07) is 11.8. The van der Waals surface area contributed by atoms with Gasteiger partial charge in [-0.15, -0.1) is 0 Å². The predicted molar refractivity (Wildman–Crippen MR) is 84.2 cm³/mol. The fourth-order valence-electron chi connectivity index (χ4n) is 2.28. The van der Waals surface area contributed by atoms with Gasteiger partial charge in [-0.1, -0.05) is 22.0 Å². The molecule has 4 nitrogen and oxygen atoms in total. The topological polar surface area (TPSA) is 59.3 Å². The molecule has 0 saturated heterocycles. The van der Waals surface area contributed by atoms with Crippen LogP contribution in [-0.4, -0.2) is 15.6 Å². The summed E-state index contributed by atoms with van der Waals surface area (Å²) in [7, 11) is 0. The van der Waals surface area contributed by atoms with Crippen molar-refractivity contribution < 1.29 is 14.3 Å². The summed E-state index contributed by atoms with van der Waals surface area (Å²) in [6.45, 7) is 0. The molecule has 0 aliphatic carbocycles. The predicted octanol–water partition coefficient (Wildman–Crippen LogP) is 3.59. The van der Waals surface area contributed by atoms with Crippen molar-refractivity contribution in [3.63, 3.8) is 0 Å². The summed E-state index contributed by atoms with van der Waals surface area (Å²) in [5.41, 5.74) is -0.0579. The van der Waals surface area contributed by atoms with E-state index in [-0.39, 0.29) is 5.56 Å². The zero-order chi connectivity index (χ0) is 15.9. The Morgan fingerprint density at radius 3 is 2.41 bits per heavy atom. The summed E-state index contributed by atoms with van der Waals surface area (Å²) >= 11 is 3.33. The molecule has 1 N–H and O–H groups in total. The Labute approximate surface area is 132 Å². The van der Waals surface area contributed by atoms with Gasteiger partial charge in [-0.05, 0) is 47.9 Å². The number of fused-ring (bicyclic) bond motifs is 1. The van der Waals surface area contributed by atoms with E-state index in [0.717, 1.165) is 4.47 Å². The van der Waals surface area contributed by atoms with E-state index in [9.17, 15) is 19.1 Å². The minimum Gasteiger partial charge on any atom is -0.477 e. The lowest BCUT2D eigenvalue weighted by molar-refractivity contribution is 0.0695. The highest BCUT2D eigenvalue weighted by Crippen LogP contribution is 2.22. The van der Waals surface area contributed by atoms with Crippen LogP contribution in [-0.2, 0) is 0 Å². The molecule has 6 heteroatoms. The van der Waals surface area contributed by atoms with Gasteiger partial charge in [0, 0.05) is 10.2 Å². The van der Waals surface area contributed by atoms with E-state index in [2.05, 4.69) is 15.9 Å². The normalized spacial score (nSPS) is 10.8. The second-order valence-corrected chi connectivity index (χ2v) is 5.60. The molecule has 0 atom stereocenters. The van der Waals surface area contributed by atoms with Crippen molar-refractivity contribution in [2.75, 3.05) is 0 Å². The lowest BCUT2D eigenvalue weighted by Crippen LogP contribution is -2.25. The summed E-state index contributed by atoms with van der Waals surface area (Å²) in [6.07, 6.45) is 0. The quantitative estimate of drug-likeness (QED) is 0.758. The maximum atomic E-state index is 13.1. The van der Waals surface area contributed by atoms with Crippen molar-refractivity contribution in [3.05, 3.63) is 74.7 Å². The molecule has 1 heterocycles.